The standard InChI is InChI=1S/C16H20N2O4/c1-16(2,3)14-8-12(18-22-14)15(20)17-11-5-6-13(21-4)10(7-11)9-19/h5-8,19H,9H2,1-4H3,(H,17,20). The molecule has 2 aromatic rings. The number of carbonyl (C=O) groups is 1. The second kappa shape index (κ2) is 6.19. The first-order chi connectivity index (χ1) is 10.3. The number of benzene rings is 1. The molecule has 0 aliphatic carbocycles. The molecule has 2 rings (SSSR count). The van der Waals surface area contributed by atoms with Crippen molar-refractivity contribution in [2.45, 2.75) is 32.8 Å². The SMILES string of the molecule is COc1ccc(NC(=O)c2cc(C(C)(C)C)on2)cc1CO. The van der Waals surface area contributed by atoms with E-state index in [0.717, 1.165) is 0 Å². The van der Waals surface area contributed by atoms with Crippen LogP contribution in [-0.2, 0) is 12.0 Å². The molecule has 0 radical (unpaired) electrons. The Morgan fingerprint density at radius 2 is 2.09 bits per heavy atom. The van der Waals surface area contributed by atoms with Gasteiger partial charge in [0.25, 0.3) is 5.91 Å². The van der Waals surface area contributed by atoms with E-state index in [4.69, 9.17) is 9.26 Å². The molecule has 0 unspecified atom stereocenters. The smallest absolute Gasteiger partial charge is 0.277 e. The van der Waals surface area contributed by atoms with E-state index in [0.29, 0.717) is 22.8 Å². The Balaban J connectivity index is 2.17. The summed E-state index contributed by atoms with van der Waals surface area (Å²) >= 11 is 0. The molecule has 0 fully saturated rings. The number of anilines is 1. The molecule has 0 saturated carbocycles. The lowest BCUT2D eigenvalue weighted by molar-refractivity contribution is 0.101. The highest BCUT2D eigenvalue weighted by molar-refractivity contribution is 6.02. The molecule has 1 heterocycles. The van der Waals surface area contributed by atoms with Gasteiger partial charge in [-0.15, -0.1) is 0 Å². The predicted molar refractivity (Wildman–Crippen MR) is 82.1 cm³/mol. The number of methoxy groups -OCH3 is 1. The summed E-state index contributed by atoms with van der Waals surface area (Å²) in [5.41, 5.74) is 1.15. The molecular weight excluding hydrogens is 284 g/mol. The number of hydrogen-bond donors (Lipinski definition) is 2. The predicted octanol–water partition coefficient (Wildman–Crippen LogP) is 2.73. The first-order valence-corrected chi connectivity index (χ1v) is 6.91. The lowest BCUT2D eigenvalue weighted by Gasteiger charge is -2.12. The molecule has 22 heavy (non-hydrogen) atoms. The molecule has 2 N–H and O–H groups in total. The highest BCUT2D eigenvalue weighted by Crippen LogP contribution is 2.25. The van der Waals surface area contributed by atoms with Gasteiger partial charge in [0.1, 0.15) is 11.5 Å². The van der Waals surface area contributed by atoms with Crippen molar-refractivity contribution in [3.8, 4) is 5.75 Å². The van der Waals surface area contributed by atoms with Crippen LogP contribution in [0.4, 0.5) is 5.69 Å². The number of carbonyl (C=O) groups excluding carboxylic acids is 1. The largest absolute Gasteiger partial charge is 0.496 e. The quantitative estimate of drug-likeness (QED) is 0.907. The molecule has 6 heteroatoms. The summed E-state index contributed by atoms with van der Waals surface area (Å²) in [6.07, 6.45) is 0. The van der Waals surface area contributed by atoms with Gasteiger partial charge in [-0.25, -0.2) is 0 Å². The van der Waals surface area contributed by atoms with Crippen LogP contribution >= 0.6 is 0 Å². The van der Waals surface area contributed by atoms with Crippen LogP contribution in [0, 0.1) is 0 Å². The van der Waals surface area contributed by atoms with Crippen molar-refractivity contribution in [3.05, 3.63) is 41.3 Å². The number of nitrogens with zero attached hydrogens (tertiary/aromatic N) is 1. The summed E-state index contributed by atoms with van der Waals surface area (Å²) < 4.78 is 10.3. The van der Waals surface area contributed by atoms with Crippen molar-refractivity contribution in [3.63, 3.8) is 0 Å². The fraction of sp³-hybridized carbons (Fsp3) is 0.375. The summed E-state index contributed by atoms with van der Waals surface area (Å²) in [7, 11) is 1.52. The van der Waals surface area contributed by atoms with Gasteiger partial charge < -0.3 is 19.7 Å². The number of nitrogens with one attached hydrogen (secondary N) is 1. The van der Waals surface area contributed by atoms with Gasteiger partial charge in [-0.3, -0.25) is 4.79 Å². The van der Waals surface area contributed by atoms with Gasteiger partial charge in [-0.2, -0.15) is 0 Å². The molecule has 1 amide bonds. The van der Waals surface area contributed by atoms with E-state index in [-0.39, 0.29) is 23.6 Å². The Hall–Kier alpha value is -2.34. The van der Waals surface area contributed by atoms with Crippen LogP contribution in [0.15, 0.2) is 28.8 Å². The van der Waals surface area contributed by atoms with Gasteiger partial charge in [-0.1, -0.05) is 25.9 Å². The maximum atomic E-state index is 12.2. The van der Waals surface area contributed by atoms with Crippen molar-refractivity contribution in [1.29, 1.82) is 0 Å². The third kappa shape index (κ3) is 3.46. The molecule has 0 spiro atoms. The molecule has 6 nitrogen and oxygen atoms in total. The van der Waals surface area contributed by atoms with Crippen LogP contribution in [0.5, 0.6) is 5.75 Å². The topological polar surface area (TPSA) is 84.6 Å². The summed E-state index contributed by atoms with van der Waals surface area (Å²) in [6, 6.07) is 6.67. The van der Waals surface area contributed by atoms with Crippen LogP contribution in [-0.4, -0.2) is 23.3 Å². The van der Waals surface area contributed by atoms with Crippen LogP contribution < -0.4 is 10.1 Å². The summed E-state index contributed by atoms with van der Waals surface area (Å²) in [5, 5.41) is 15.8. The minimum absolute atomic E-state index is 0.176. The number of rotatable bonds is 4. The van der Waals surface area contributed by atoms with Gasteiger partial charge in [0, 0.05) is 22.7 Å². The number of aliphatic hydroxyl groups excluding tert-OH is 1. The Morgan fingerprint density at radius 3 is 2.64 bits per heavy atom. The fourth-order valence-corrected chi connectivity index (χ4v) is 1.91. The number of aliphatic hydroxyl groups is 1. The Labute approximate surface area is 129 Å². The molecule has 0 aliphatic rings. The Morgan fingerprint density at radius 1 is 1.36 bits per heavy atom. The molecule has 0 aliphatic heterocycles. The molecule has 0 saturated heterocycles. The van der Waals surface area contributed by atoms with Crippen LogP contribution in [0.25, 0.3) is 0 Å². The van der Waals surface area contributed by atoms with Gasteiger partial charge in [-0.05, 0) is 18.2 Å². The number of amides is 1. The lowest BCUT2D eigenvalue weighted by atomic mass is 9.93. The van der Waals surface area contributed by atoms with Crippen LogP contribution in [0.3, 0.4) is 0 Å². The minimum Gasteiger partial charge on any atom is -0.496 e. The van der Waals surface area contributed by atoms with E-state index in [9.17, 15) is 9.90 Å². The number of aromatic nitrogens is 1. The first kappa shape index (κ1) is 16.0. The van der Waals surface area contributed by atoms with E-state index in [1.807, 2.05) is 20.8 Å². The lowest BCUT2D eigenvalue weighted by Crippen LogP contribution is -2.13. The molecule has 118 valence electrons. The van der Waals surface area contributed by atoms with Crippen molar-refractivity contribution in [2.75, 3.05) is 12.4 Å². The Kier molecular flexibility index (Phi) is 4.51. The van der Waals surface area contributed by atoms with E-state index < -0.39 is 0 Å². The summed E-state index contributed by atoms with van der Waals surface area (Å²) in [5.74, 6) is 0.841. The zero-order valence-corrected chi connectivity index (χ0v) is 13.1. The van der Waals surface area contributed by atoms with E-state index >= 15 is 0 Å². The monoisotopic (exact) mass is 304 g/mol. The van der Waals surface area contributed by atoms with Crippen molar-refractivity contribution in [2.24, 2.45) is 0 Å². The Bertz CT molecular complexity index is 671. The third-order valence-electron chi connectivity index (χ3n) is 3.19. The maximum Gasteiger partial charge on any atom is 0.277 e. The normalized spacial score (nSPS) is 11.3. The van der Waals surface area contributed by atoms with Crippen molar-refractivity contribution < 1.29 is 19.2 Å². The molecular formula is C16H20N2O4. The van der Waals surface area contributed by atoms with Gasteiger partial charge in [0.15, 0.2) is 5.69 Å². The fourth-order valence-electron chi connectivity index (χ4n) is 1.91. The molecule has 1 aromatic carbocycles. The zero-order chi connectivity index (χ0) is 16.3. The number of hydrogen-bond acceptors (Lipinski definition) is 5. The highest BCUT2D eigenvalue weighted by atomic mass is 16.5. The highest BCUT2D eigenvalue weighted by Gasteiger charge is 2.22. The minimum atomic E-state index is -0.367. The second-order valence-electron chi connectivity index (χ2n) is 5.97. The van der Waals surface area contributed by atoms with Crippen molar-refractivity contribution >= 4 is 11.6 Å². The zero-order valence-electron chi connectivity index (χ0n) is 13.1. The first-order valence-electron chi connectivity index (χ1n) is 6.91. The number of ether oxygens (including phenoxy) is 1. The third-order valence-corrected chi connectivity index (χ3v) is 3.19. The van der Waals surface area contributed by atoms with Crippen LogP contribution in [0.2, 0.25) is 0 Å². The molecule has 0 bridgehead atoms. The summed E-state index contributed by atoms with van der Waals surface area (Å²) in [4.78, 5) is 12.2. The average Bonchev–Trinajstić information content (AvgIpc) is 2.97. The molecule has 1 aromatic heterocycles. The van der Waals surface area contributed by atoms with E-state index in [1.165, 1.54) is 7.11 Å². The van der Waals surface area contributed by atoms with Gasteiger partial charge >= 0.3 is 0 Å². The average molecular weight is 304 g/mol. The second-order valence-corrected chi connectivity index (χ2v) is 5.97. The van der Waals surface area contributed by atoms with Crippen molar-refractivity contribution in [1.82, 2.24) is 5.16 Å². The van der Waals surface area contributed by atoms with Crippen LogP contribution in [0.1, 0.15) is 42.6 Å². The molecule has 0 atom stereocenters. The summed E-state index contributed by atoms with van der Waals surface area (Å²) in [6.45, 7) is 5.76. The van der Waals surface area contributed by atoms with Gasteiger partial charge in [0.2, 0.25) is 0 Å². The van der Waals surface area contributed by atoms with E-state index in [1.54, 1.807) is 24.3 Å². The maximum absolute atomic E-state index is 12.2. The van der Waals surface area contributed by atoms with Gasteiger partial charge in [0.05, 0.1) is 13.7 Å². The van der Waals surface area contributed by atoms with E-state index in [2.05, 4.69) is 10.5 Å².